The molecule has 4 heterocycles. The molecule has 0 bridgehead atoms. The number of halogens is 2. The maximum atomic E-state index is 14.1. The average molecular weight is 450 g/mol. The van der Waals surface area contributed by atoms with Gasteiger partial charge in [-0.1, -0.05) is 0 Å². The van der Waals surface area contributed by atoms with E-state index in [1.165, 1.54) is 52.3 Å². The van der Waals surface area contributed by atoms with Crippen LogP contribution in [0, 0.1) is 11.6 Å². The summed E-state index contributed by atoms with van der Waals surface area (Å²) in [6, 6.07) is 6.68. The van der Waals surface area contributed by atoms with Crippen molar-refractivity contribution in [1.82, 2.24) is 39.9 Å². The molecule has 0 N–H and O–H groups in total. The fourth-order valence-corrected chi connectivity index (χ4v) is 4.03. The minimum atomic E-state index is -0.506. The summed E-state index contributed by atoms with van der Waals surface area (Å²) >= 11 is 0. The number of hydrogen-bond acceptors (Lipinski definition) is 6. The second-order valence-corrected chi connectivity index (χ2v) is 7.77. The van der Waals surface area contributed by atoms with Crippen molar-refractivity contribution in [3.63, 3.8) is 0 Å². The van der Waals surface area contributed by atoms with Crippen molar-refractivity contribution in [2.24, 2.45) is 0 Å². The zero-order valence-electron chi connectivity index (χ0n) is 17.6. The second kappa shape index (κ2) is 8.85. The Morgan fingerprint density at radius 2 is 1.79 bits per heavy atom. The number of carbonyl (C=O) groups excluding carboxylic acids is 1. The molecule has 1 amide bonds. The van der Waals surface area contributed by atoms with Crippen LogP contribution in [-0.2, 0) is 6.54 Å². The summed E-state index contributed by atoms with van der Waals surface area (Å²) < 4.78 is 27.2. The van der Waals surface area contributed by atoms with Crippen LogP contribution in [0.25, 0.3) is 17.1 Å². The Labute approximate surface area is 187 Å². The fraction of sp³-hybridized carbons (Fsp3) is 0.273. The maximum Gasteiger partial charge on any atom is 0.256 e. The van der Waals surface area contributed by atoms with E-state index in [0.29, 0.717) is 30.2 Å². The molecule has 9 nitrogen and oxygen atoms in total. The molecule has 1 aliphatic rings. The van der Waals surface area contributed by atoms with Crippen LogP contribution < -0.4 is 0 Å². The van der Waals surface area contributed by atoms with Gasteiger partial charge in [-0.15, -0.1) is 0 Å². The quantitative estimate of drug-likeness (QED) is 0.464. The number of rotatable bonds is 5. The van der Waals surface area contributed by atoms with Crippen LogP contribution >= 0.6 is 0 Å². The molecule has 168 valence electrons. The van der Waals surface area contributed by atoms with Crippen LogP contribution in [0.1, 0.15) is 29.6 Å². The number of carbonyl (C=O) groups is 1. The number of likely N-dealkylation sites (tertiary alicyclic amines) is 1. The average Bonchev–Trinajstić information content (AvgIpc) is 3.52. The molecule has 1 aliphatic heterocycles. The van der Waals surface area contributed by atoms with Crippen molar-refractivity contribution in [2.45, 2.75) is 31.8 Å². The number of pyridine rings is 1. The van der Waals surface area contributed by atoms with Crippen molar-refractivity contribution < 1.29 is 13.6 Å². The zero-order chi connectivity index (χ0) is 22.8. The Bertz CT molecular complexity index is 1260. The highest BCUT2D eigenvalue weighted by molar-refractivity contribution is 5.98. The monoisotopic (exact) mass is 450 g/mol. The van der Waals surface area contributed by atoms with Crippen LogP contribution in [-0.4, -0.2) is 58.4 Å². The summed E-state index contributed by atoms with van der Waals surface area (Å²) in [4.78, 5) is 22.1. The Morgan fingerprint density at radius 3 is 2.58 bits per heavy atom. The van der Waals surface area contributed by atoms with Gasteiger partial charge in [0.2, 0.25) is 0 Å². The largest absolute Gasteiger partial charge is 0.334 e. The van der Waals surface area contributed by atoms with Crippen molar-refractivity contribution in [2.75, 3.05) is 6.54 Å². The third-order valence-corrected chi connectivity index (χ3v) is 5.61. The van der Waals surface area contributed by atoms with Crippen molar-refractivity contribution >= 4 is 5.91 Å². The van der Waals surface area contributed by atoms with Gasteiger partial charge in [0.15, 0.2) is 0 Å². The Kier molecular flexibility index (Phi) is 5.59. The molecule has 0 spiro atoms. The molecule has 33 heavy (non-hydrogen) atoms. The number of aromatic nitrogens is 7. The smallest absolute Gasteiger partial charge is 0.256 e. The van der Waals surface area contributed by atoms with E-state index in [-0.39, 0.29) is 17.5 Å². The van der Waals surface area contributed by atoms with Gasteiger partial charge in [0.1, 0.15) is 17.3 Å². The van der Waals surface area contributed by atoms with Crippen LogP contribution in [0.2, 0.25) is 0 Å². The van der Waals surface area contributed by atoms with E-state index in [1.807, 2.05) is 0 Å². The highest BCUT2D eigenvalue weighted by atomic mass is 19.1. The number of hydrogen-bond donors (Lipinski definition) is 0. The third-order valence-electron chi connectivity index (χ3n) is 5.61. The lowest BCUT2D eigenvalue weighted by Gasteiger charge is -2.35. The van der Waals surface area contributed by atoms with E-state index in [1.54, 1.807) is 11.1 Å². The summed E-state index contributed by atoms with van der Waals surface area (Å²) in [5.74, 6) is -1.23. The molecule has 3 aromatic heterocycles. The molecule has 0 radical (unpaired) electrons. The van der Waals surface area contributed by atoms with Gasteiger partial charge < -0.3 is 4.90 Å². The first-order valence-corrected chi connectivity index (χ1v) is 10.6. The lowest BCUT2D eigenvalue weighted by molar-refractivity contribution is 0.0576. The summed E-state index contributed by atoms with van der Waals surface area (Å²) in [6.45, 7) is 0.914. The third kappa shape index (κ3) is 4.34. The molecule has 11 heteroatoms. The Hall–Kier alpha value is -4.02. The second-order valence-electron chi connectivity index (χ2n) is 7.77. The Morgan fingerprint density at radius 1 is 0.970 bits per heavy atom. The predicted octanol–water partition coefficient (Wildman–Crippen LogP) is 2.89. The molecular formula is C22H20F2N8O. The fourth-order valence-electron chi connectivity index (χ4n) is 4.03. The van der Waals surface area contributed by atoms with Gasteiger partial charge in [0, 0.05) is 6.54 Å². The van der Waals surface area contributed by atoms with Crippen LogP contribution in [0.4, 0.5) is 8.78 Å². The van der Waals surface area contributed by atoms with Gasteiger partial charge in [-0.05, 0) is 49.6 Å². The standard InChI is InChI=1S/C22H20F2N8O/c23-15-5-7-21(32-26-8-9-27-32)18(11-15)22(33)30-10-2-1-3-17(30)14-31-28-13-20(29-31)19-6-4-16(24)12-25-19/h4-9,11-13,17H,1-3,10,14H2/t17-/m0/s1. The van der Waals surface area contributed by atoms with Gasteiger partial charge in [-0.3, -0.25) is 9.78 Å². The molecule has 0 saturated carbocycles. The van der Waals surface area contributed by atoms with Crippen molar-refractivity contribution in [1.29, 1.82) is 0 Å². The van der Waals surface area contributed by atoms with E-state index in [0.717, 1.165) is 25.5 Å². The lowest BCUT2D eigenvalue weighted by Crippen LogP contribution is -2.46. The van der Waals surface area contributed by atoms with Crippen molar-refractivity contribution in [3.05, 3.63) is 72.3 Å². The molecule has 0 unspecified atom stereocenters. The number of nitrogens with zero attached hydrogens (tertiary/aromatic N) is 8. The summed E-state index contributed by atoms with van der Waals surface area (Å²) in [6.07, 6.45) is 8.26. The molecule has 0 aliphatic carbocycles. The number of amides is 1. The summed E-state index contributed by atoms with van der Waals surface area (Å²) in [5.41, 5.74) is 1.64. The van der Waals surface area contributed by atoms with E-state index >= 15 is 0 Å². The van der Waals surface area contributed by atoms with Crippen LogP contribution in [0.15, 0.2) is 55.1 Å². The van der Waals surface area contributed by atoms with E-state index in [4.69, 9.17) is 0 Å². The molecule has 1 fully saturated rings. The van der Waals surface area contributed by atoms with E-state index < -0.39 is 11.6 Å². The highest BCUT2D eigenvalue weighted by Gasteiger charge is 2.30. The summed E-state index contributed by atoms with van der Waals surface area (Å²) in [5, 5.41) is 16.9. The molecule has 5 rings (SSSR count). The Balaban J connectivity index is 1.39. The normalized spacial score (nSPS) is 16.2. The molecule has 1 saturated heterocycles. The van der Waals surface area contributed by atoms with Crippen LogP contribution in [0.5, 0.6) is 0 Å². The zero-order valence-corrected chi connectivity index (χ0v) is 17.6. The minimum absolute atomic E-state index is 0.172. The maximum absolute atomic E-state index is 14.1. The highest BCUT2D eigenvalue weighted by Crippen LogP contribution is 2.24. The minimum Gasteiger partial charge on any atom is -0.334 e. The van der Waals surface area contributed by atoms with Gasteiger partial charge in [0.05, 0.1) is 54.3 Å². The molecular weight excluding hydrogens is 430 g/mol. The molecule has 1 atom stereocenters. The van der Waals surface area contributed by atoms with Crippen LogP contribution in [0.3, 0.4) is 0 Å². The first-order chi connectivity index (χ1) is 16.1. The van der Waals surface area contributed by atoms with E-state index in [9.17, 15) is 13.6 Å². The van der Waals surface area contributed by atoms with Gasteiger partial charge in [0.25, 0.3) is 5.91 Å². The van der Waals surface area contributed by atoms with Gasteiger partial charge >= 0.3 is 0 Å². The molecule has 4 aromatic rings. The van der Waals surface area contributed by atoms with Gasteiger partial charge in [-0.2, -0.15) is 30.0 Å². The molecule has 1 aromatic carbocycles. The van der Waals surface area contributed by atoms with Gasteiger partial charge in [-0.25, -0.2) is 8.78 Å². The van der Waals surface area contributed by atoms with Crippen molar-refractivity contribution in [3.8, 4) is 17.1 Å². The first-order valence-electron chi connectivity index (χ1n) is 10.6. The number of benzene rings is 1. The van der Waals surface area contributed by atoms with E-state index in [2.05, 4.69) is 25.4 Å². The number of piperidine rings is 1. The first kappa shape index (κ1) is 20.9. The SMILES string of the molecule is O=C(c1cc(F)ccc1-n1nccn1)N1CCCC[C@H]1Cn1ncc(-c2ccc(F)cn2)n1. The topological polar surface area (TPSA) is 94.6 Å². The summed E-state index contributed by atoms with van der Waals surface area (Å²) in [7, 11) is 0. The predicted molar refractivity (Wildman–Crippen MR) is 113 cm³/mol. The lowest BCUT2D eigenvalue weighted by atomic mass is 10.00.